The van der Waals surface area contributed by atoms with Crippen LogP contribution in [0.4, 0.5) is 4.39 Å². The van der Waals surface area contributed by atoms with Crippen LogP contribution in [0.5, 0.6) is 0 Å². The Morgan fingerprint density at radius 1 is 1.25 bits per heavy atom. The zero-order valence-corrected chi connectivity index (χ0v) is 8.71. The number of carbonyl (C=O) groups is 2. The van der Waals surface area contributed by atoms with E-state index in [9.17, 15) is 14.0 Å². The number of amides is 2. The minimum Gasteiger partial charge on any atom is -0.345 e. The van der Waals surface area contributed by atoms with Crippen LogP contribution in [-0.2, 0) is 15.1 Å². The summed E-state index contributed by atoms with van der Waals surface area (Å²) in [6.45, 7) is 1.85. The summed E-state index contributed by atoms with van der Waals surface area (Å²) in [4.78, 5) is 22.2. The molecule has 1 fully saturated rings. The summed E-state index contributed by atoms with van der Waals surface area (Å²) >= 11 is 0. The van der Waals surface area contributed by atoms with Gasteiger partial charge in [0.05, 0.1) is 5.54 Å². The quantitative estimate of drug-likeness (QED) is 0.671. The number of carbonyl (C=O) groups excluding carboxylic acids is 2. The van der Waals surface area contributed by atoms with Crippen LogP contribution in [0, 0.1) is 5.82 Å². The van der Waals surface area contributed by atoms with E-state index in [1.807, 2.05) is 0 Å². The number of rotatable bonds is 1. The minimum absolute atomic E-state index is 0.179. The predicted octanol–water partition coefficient (Wildman–Crippen LogP) is 0.287. The molecule has 1 heterocycles. The van der Waals surface area contributed by atoms with E-state index in [-0.39, 0.29) is 6.54 Å². The van der Waals surface area contributed by atoms with Crippen molar-refractivity contribution in [2.45, 2.75) is 12.5 Å². The molecule has 0 saturated carbocycles. The molecule has 1 aliphatic heterocycles. The number of nitrogens with one attached hydrogen (secondary N) is 2. The Morgan fingerprint density at radius 2 is 1.94 bits per heavy atom. The molecule has 2 N–H and O–H groups in total. The Kier molecular flexibility index (Phi) is 2.38. The van der Waals surface area contributed by atoms with Gasteiger partial charge in [0.1, 0.15) is 5.82 Å². The standard InChI is InChI=1S/C11H11FN2O2/c1-11(6-13-9(15)10(16)14-11)7-4-2-3-5-8(7)12/h2-5H,6H2,1H3,(H,13,15)(H,14,16). The molecule has 4 nitrogen and oxygen atoms in total. The molecule has 0 aromatic heterocycles. The largest absolute Gasteiger partial charge is 0.345 e. The Morgan fingerprint density at radius 3 is 2.56 bits per heavy atom. The molecule has 0 bridgehead atoms. The maximum Gasteiger partial charge on any atom is 0.310 e. The second-order valence-electron chi connectivity index (χ2n) is 3.95. The van der Waals surface area contributed by atoms with E-state index in [1.165, 1.54) is 6.07 Å². The first kappa shape index (κ1) is 10.6. The molecule has 1 unspecified atom stereocenters. The van der Waals surface area contributed by atoms with E-state index in [0.29, 0.717) is 5.56 Å². The molecular formula is C11H11FN2O2. The first-order valence-electron chi connectivity index (χ1n) is 4.88. The molecule has 0 radical (unpaired) electrons. The summed E-state index contributed by atoms with van der Waals surface area (Å²) in [5.41, 5.74) is -0.528. The topological polar surface area (TPSA) is 58.2 Å². The summed E-state index contributed by atoms with van der Waals surface area (Å²) in [5.74, 6) is -1.83. The van der Waals surface area contributed by atoms with Crippen molar-refractivity contribution in [2.75, 3.05) is 6.54 Å². The van der Waals surface area contributed by atoms with E-state index in [1.54, 1.807) is 25.1 Å². The molecule has 1 aliphatic rings. The molecule has 0 aliphatic carbocycles. The molecule has 1 aromatic carbocycles. The first-order chi connectivity index (χ1) is 7.53. The van der Waals surface area contributed by atoms with Crippen molar-refractivity contribution in [1.29, 1.82) is 0 Å². The molecular weight excluding hydrogens is 211 g/mol. The predicted molar refractivity (Wildman–Crippen MR) is 54.9 cm³/mol. The van der Waals surface area contributed by atoms with Crippen LogP contribution in [0.2, 0.25) is 0 Å². The van der Waals surface area contributed by atoms with Crippen LogP contribution in [0.25, 0.3) is 0 Å². The average molecular weight is 222 g/mol. The zero-order chi connectivity index (χ0) is 11.8. The van der Waals surface area contributed by atoms with Gasteiger partial charge in [-0.05, 0) is 13.0 Å². The van der Waals surface area contributed by atoms with E-state index in [2.05, 4.69) is 10.6 Å². The fraction of sp³-hybridized carbons (Fsp3) is 0.273. The van der Waals surface area contributed by atoms with Crippen molar-refractivity contribution in [2.24, 2.45) is 0 Å². The number of halogens is 1. The molecule has 2 amide bonds. The van der Waals surface area contributed by atoms with Crippen LogP contribution in [-0.4, -0.2) is 18.4 Å². The summed E-state index contributed by atoms with van der Waals surface area (Å²) in [6.07, 6.45) is 0. The van der Waals surface area contributed by atoms with Gasteiger partial charge in [0.25, 0.3) is 0 Å². The van der Waals surface area contributed by atoms with Gasteiger partial charge in [-0.2, -0.15) is 0 Å². The van der Waals surface area contributed by atoms with Gasteiger partial charge in [0.2, 0.25) is 0 Å². The monoisotopic (exact) mass is 222 g/mol. The molecule has 1 saturated heterocycles. The fourth-order valence-electron chi connectivity index (χ4n) is 1.76. The molecule has 1 atom stereocenters. The lowest BCUT2D eigenvalue weighted by Gasteiger charge is -2.35. The molecule has 16 heavy (non-hydrogen) atoms. The van der Waals surface area contributed by atoms with Crippen molar-refractivity contribution >= 4 is 11.8 Å². The maximum absolute atomic E-state index is 13.6. The van der Waals surface area contributed by atoms with Crippen LogP contribution < -0.4 is 10.6 Å². The molecule has 2 rings (SSSR count). The number of hydrogen-bond acceptors (Lipinski definition) is 2. The third-order valence-electron chi connectivity index (χ3n) is 2.67. The molecule has 5 heteroatoms. The smallest absolute Gasteiger partial charge is 0.310 e. The van der Waals surface area contributed by atoms with Gasteiger partial charge in [0, 0.05) is 12.1 Å². The Hall–Kier alpha value is -1.91. The summed E-state index contributed by atoms with van der Waals surface area (Å²) in [6, 6.07) is 6.17. The summed E-state index contributed by atoms with van der Waals surface area (Å²) < 4.78 is 13.6. The van der Waals surface area contributed by atoms with Gasteiger partial charge < -0.3 is 10.6 Å². The van der Waals surface area contributed by atoms with Gasteiger partial charge in [-0.3, -0.25) is 9.59 Å². The van der Waals surface area contributed by atoms with Crippen LogP contribution in [0.1, 0.15) is 12.5 Å². The molecule has 1 aromatic rings. The Labute approximate surface area is 91.8 Å². The van der Waals surface area contributed by atoms with Crippen molar-refractivity contribution in [3.8, 4) is 0 Å². The Balaban J connectivity index is 2.37. The zero-order valence-electron chi connectivity index (χ0n) is 8.71. The van der Waals surface area contributed by atoms with E-state index < -0.39 is 23.2 Å². The lowest BCUT2D eigenvalue weighted by molar-refractivity contribution is -0.142. The highest BCUT2D eigenvalue weighted by molar-refractivity contribution is 6.35. The van der Waals surface area contributed by atoms with E-state index in [4.69, 9.17) is 0 Å². The second-order valence-corrected chi connectivity index (χ2v) is 3.95. The number of piperazine rings is 1. The van der Waals surface area contributed by atoms with Crippen molar-refractivity contribution in [3.63, 3.8) is 0 Å². The van der Waals surface area contributed by atoms with Gasteiger partial charge >= 0.3 is 11.8 Å². The fourth-order valence-corrected chi connectivity index (χ4v) is 1.76. The number of benzene rings is 1. The lowest BCUT2D eigenvalue weighted by Crippen LogP contribution is -2.61. The number of hydrogen-bond donors (Lipinski definition) is 2. The van der Waals surface area contributed by atoms with Gasteiger partial charge in [-0.25, -0.2) is 4.39 Å². The summed E-state index contributed by atoms with van der Waals surface area (Å²) in [7, 11) is 0. The lowest BCUT2D eigenvalue weighted by atomic mass is 9.90. The van der Waals surface area contributed by atoms with Crippen LogP contribution in [0.15, 0.2) is 24.3 Å². The highest BCUT2D eigenvalue weighted by Gasteiger charge is 2.37. The maximum atomic E-state index is 13.6. The van der Waals surface area contributed by atoms with E-state index >= 15 is 0 Å². The van der Waals surface area contributed by atoms with Gasteiger partial charge in [0.15, 0.2) is 0 Å². The normalized spacial score (nSPS) is 24.9. The SMILES string of the molecule is CC1(c2ccccc2F)CNC(=O)C(=O)N1. The van der Waals surface area contributed by atoms with Crippen LogP contribution >= 0.6 is 0 Å². The highest BCUT2D eigenvalue weighted by Crippen LogP contribution is 2.24. The Bertz CT molecular complexity index is 461. The van der Waals surface area contributed by atoms with Gasteiger partial charge in [-0.15, -0.1) is 0 Å². The first-order valence-corrected chi connectivity index (χ1v) is 4.88. The third kappa shape index (κ3) is 1.64. The highest BCUT2D eigenvalue weighted by atomic mass is 19.1. The van der Waals surface area contributed by atoms with Crippen molar-refractivity contribution < 1.29 is 14.0 Å². The van der Waals surface area contributed by atoms with Crippen molar-refractivity contribution in [3.05, 3.63) is 35.6 Å². The minimum atomic E-state index is -0.893. The average Bonchev–Trinajstić information content (AvgIpc) is 2.25. The molecule has 0 spiro atoms. The molecule has 84 valence electrons. The third-order valence-corrected chi connectivity index (χ3v) is 2.67. The van der Waals surface area contributed by atoms with Crippen molar-refractivity contribution in [1.82, 2.24) is 10.6 Å². The van der Waals surface area contributed by atoms with Crippen LogP contribution in [0.3, 0.4) is 0 Å². The van der Waals surface area contributed by atoms with Gasteiger partial charge in [-0.1, -0.05) is 18.2 Å². The van der Waals surface area contributed by atoms with E-state index in [0.717, 1.165) is 0 Å². The second kappa shape index (κ2) is 3.59. The summed E-state index contributed by atoms with van der Waals surface area (Å²) in [5, 5.41) is 4.94.